The zero-order valence-electron chi connectivity index (χ0n) is 14.3. The van der Waals surface area contributed by atoms with Crippen molar-refractivity contribution in [2.75, 3.05) is 5.75 Å². The Bertz CT molecular complexity index is 583. The van der Waals surface area contributed by atoms with Gasteiger partial charge in [0.1, 0.15) is 0 Å². The molecule has 0 N–H and O–H groups in total. The number of sulfonamides is 1. The van der Waals surface area contributed by atoms with E-state index in [1.54, 1.807) is 0 Å². The van der Waals surface area contributed by atoms with E-state index in [9.17, 15) is 13.2 Å². The van der Waals surface area contributed by atoms with Crippen LogP contribution in [0.3, 0.4) is 0 Å². The molecule has 2 aliphatic carbocycles. The molecule has 1 saturated heterocycles. The summed E-state index contributed by atoms with van der Waals surface area (Å²) in [5.41, 5.74) is -0.158. The molecule has 0 aromatic rings. The standard InChI is InChI=1S/C17H29NO3S/c1-5-6-12(2)9-15(19)18-14-10-13-7-8-17(14,16(13,3)4)11-22(18,20)21/h12-14H,5-11H2,1-4H3/t12-,13+,14+,17-/m0/s1. The summed E-state index contributed by atoms with van der Waals surface area (Å²) in [6.45, 7) is 8.58. The smallest absolute Gasteiger partial charge is 0.238 e. The molecule has 22 heavy (non-hydrogen) atoms. The second-order valence-electron chi connectivity index (χ2n) is 8.41. The molecule has 1 aliphatic heterocycles. The molecule has 1 amide bonds. The third-order valence-electron chi connectivity index (χ3n) is 6.96. The van der Waals surface area contributed by atoms with Crippen LogP contribution < -0.4 is 0 Å². The Hall–Kier alpha value is -0.580. The van der Waals surface area contributed by atoms with Crippen LogP contribution in [0.5, 0.6) is 0 Å². The molecule has 5 heteroatoms. The fourth-order valence-corrected chi connectivity index (χ4v) is 8.16. The van der Waals surface area contributed by atoms with E-state index in [0.29, 0.717) is 12.3 Å². The highest BCUT2D eigenvalue weighted by atomic mass is 32.2. The maximum atomic E-state index is 12.7. The number of fused-ring (bicyclic) bond motifs is 1. The minimum atomic E-state index is -3.44. The average Bonchev–Trinajstić information content (AvgIpc) is 2.85. The first-order valence-corrected chi connectivity index (χ1v) is 10.3. The predicted molar refractivity (Wildman–Crippen MR) is 86.7 cm³/mol. The number of carbonyl (C=O) groups excluding carboxylic acids is 1. The van der Waals surface area contributed by atoms with Gasteiger partial charge in [-0.1, -0.05) is 40.5 Å². The normalized spacial score (nSPS) is 39.0. The largest absolute Gasteiger partial charge is 0.274 e. The van der Waals surface area contributed by atoms with Crippen molar-refractivity contribution in [1.82, 2.24) is 4.31 Å². The zero-order chi connectivity index (χ0) is 16.3. The summed E-state index contributed by atoms with van der Waals surface area (Å²) in [7, 11) is -3.44. The number of amides is 1. The molecule has 1 spiro atoms. The van der Waals surface area contributed by atoms with Crippen LogP contribution in [-0.4, -0.2) is 30.4 Å². The van der Waals surface area contributed by atoms with E-state index < -0.39 is 10.0 Å². The van der Waals surface area contributed by atoms with Gasteiger partial charge in [-0.3, -0.25) is 4.79 Å². The van der Waals surface area contributed by atoms with E-state index in [2.05, 4.69) is 20.8 Å². The fourth-order valence-electron chi connectivity index (χ4n) is 5.60. The second kappa shape index (κ2) is 4.96. The van der Waals surface area contributed by atoms with Crippen molar-refractivity contribution in [3.63, 3.8) is 0 Å². The van der Waals surface area contributed by atoms with Gasteiger partial charge in [-0.25, -0.2) is 12.7 Å². The molecule has 4 nitrogen and oxygen atoms in total. The van der Waals surface area contributed by atoms with Crippen molar-refractivity contribution >= 4 is 15.9 Å². The number of carbonyl (C=O) groups is 1. The first-order chi connectivity index (χ1) is 10.2. The van der Waals surface area contributed by atoms with Gasteiger partial charge in [-0.2, -0.15) is 0 Å². The summed E-state index contributed by atoms with van der Waals surface area (Å²) in [5, 5.41) is 0. The molecule has 4 atom stereocenters. The first kappa shape index (κ1) is 16.3. The summed E-state index contributed by atoms with van der Waals surface area (Å²) in [6.07, 6.45) is 5.33. The van der Waals surface area contributed by atoms with Crippen LogP contribution in [0.2, 0.25) is 0 Å². The van der Waals surface area contributed by atoms with Crippen LogP contribution >= 0.6 is 0 Å². The molecular formula is C17H29NO3S. The molecular weight excluding hydrogens is 298 g/mol. The number of rotatable bonds is 4. The zero-order valence-corrected chi connectivity index (χ0v) is 15.1. The molecule has 126 valence electrons. The highest BCUT2D eigenvalue weighted by Crippen LogP contribution is 2.70. The van der Waals surface area contributed by atoms with E-state index in [1.807, 2.05) is 6.92 Å². The lowest BCUT2D eigenvalue weighted by Crippen LogP contribution is -2.44. The Morgan fingerprint density at radius 1 is 1.36 bits per heavy atom. The van der Waals surface area contributed by atoms with E-state index in [0.717, 1.165) is 32.1 Å². The lowest BCUT2D eigenvalue weighted by molar-refractivity contribution is -0.129. The monoisotopic (exact) mass is 327 g/mol. The summed E-state index contributed by atoms with van der Waals surface area (Å²) in [5.74, 6) is 0.848. The van der Waals surface area contributed by atoms with Gasteiger partial charge in [0, 0.05) is 11.8 Å². The van der Waals surface area contributed by atoms with Crippen molar-refractivity contribution in [2.45, 2.75) is 72.3 Å². The SMILES string of the molecule is CCC[C@H](C)CC(=O)N1[C@@H]2C[C@H]3CC[C@@]2(CS1(=O)=O)C3(C)C. The Morgan fingerprint density at radius 3 is 2.64 bits per heavy atom. The third-order valence-corrected chi connectivity index (χ3v) is 8.90. The summed E-state index contributed by atoms with van der Waals surface area (Å²) < 4.78 is 26.8. The molecule has 0 aromatic heterocycles. The number of hydrogen-bond acceptors (Lipinski definition) is 3. The van der Waals surface area contributed by atoms with E-state index in [4.69, 9.17) is 0 Å². The highest BCUT2D eigenvalue weighted by molar-refractivity contribution is 7.90. The van der Waals surface area contributed by atoms with Crippen molar-refractivity contribution < 1.29 is 13.2 Å². The van der Waals surface area contributed by atoms with Crippen molar-refractivity contribution in [3.8, 4) is 0 Å². The molecule has 1 heterocycles. The topological polar surface area (TPSA) is 54.5 Å². The van der Waals surface area contributed by atoms with Gasteiger partial charge < -0.3 is 0 Å². The summed E-state index contributed by atoms with van der Waals surface area (Å²) >= 11 is 0. The Labute approximate surface area is 134 Å². The molecule has 3 fully saturated rings. The Kier molecular flexibility index (Phi) is 3.67. The van der Waals surface area contributed by atoms with Gasteiger partial charge in [0.25, 0.3) is 0 Å². The van der Waals surface area contributed by atoms with Crippen molar-refractivity contribution in [2.24, 2.45) is 22.7 Å². The summed E-state index contributed by atoms with van der Waals surface area (Å²) in [6, 6.07) is -0.0763. The van der Waals surface area contributed by atoms with Gasteiger partial charge in [0.05, 0.1) is 11.8 Å². The van der Waals surface area contributed by atoms with Crippen LogP contribution in [0.1, 0.15) is 66.2 Å². The lowest BCUT2D eigenvalue weighted by atomic mass is 9.69. The number of hydrogen-bond donors (Lipinski definition) is 0. The maximum absolute atomic E-state index is 12.7. The van der Waals surface area contributed by atoms with Crippen LogP contribution in [-0.2, 0) is 14.8 Å². The van der Waals surface area contributed by atoms with Gasteiger partial charge in [0.2, 0.25) is 15.9 Å². The van der Waals surface area contributed by atoms with Gasteiger partial charge in [-0.05, 0) is 36.5 Å². The minimum Gasteiger partial charge on any atom is -0.274 e. The molecule has 0 aromatic carbocycles. The molecule has 2 bridgehead atoms. The van der Waals surface area contributed by atoms with Crippen LogP contribution in [0, 0.1) is 22.7 Å². The van der Waals surface area contributed by atoms with Gasteiger partial charge in [0.15, 0.2) is 0 Å². The molecule has 3 rings (SSSR count). The predicted octanol–water partition coefficient (Wildman–Crippen LogP) is 3.18. The Morgan fingerprint density at radius 2 is 2.05 bits per heavy atom. The molecule has 0 unspecified atom stereocenters. The second-order valence-corrected chi connectivity index (χ2v) is 10.3. The van der Waals surface area contributed by atoms with E-state index in [-0.39, 0.29) is 34.4 Å². The van der Waals surface area contributed by atoms with Gasteiger partial charge in [-0.15, -0.1) is 0 Å². The first-order valence-electron chi connectivity index (χ1n) is 8.70. The number of nitrogens with zero attached hydrogens (tertiary/aromatic N) is 1. The fraction of sp³-hybridized carbons (Fsp3) is 0.941. The molecule has 3 aliphatic rings. The van der Waals surface area contributed by atoms with Crippen LogP contribution in [0.15, 0.2) is 0 Å². The van der Waals surface area contributed by atoms with E-state index >= 15 is 0 Å². The molecule has 2 saturated carbocycles. The third kappa shape index (κ3) is 2.00. The van der Waals surface area contributed by atoms with E-state index in [1.165, 1.54) is 4.31 Å². The van der Waals surface area contributed by atoms with Crippen LogP contribution in [0.25, 0.3) is 0 Å². The van der Waals surface area contributed by atoms with Crippen LogP contribution in [0.4, 0.5) is 0 Å². The van der Waals surface area contributed by atoms with Crippen molar-refractivity contribution in [1.29, 1.82) is 0 Å². The summed E-state index contributed by atoms with van der Waals surface area (Å²) in [4.78, 5) is 12.7. The van der Waals surface area contributed by atoms with Gasteiger partial charge >= 0.3 is 0 Å². The quantitative estimate of drug-likeness (QED) is 0.797. The minimum absolute atomic E-state index is 0.0365. The average molecular weight is 327 g/mol. The highest BCUT2D eigenvalue weighted by Gasteiger charge is 2.72. The lowest BCUT2D eigenvalue weighted by Gasteiger charge is -2.37. The van der Waals surface area contributed by atoms with Crippen molar-refractivity contribution in [3.05, 3.63) is 0 Å². The maximum Gasteiger partial charge on any atom is 0.238 e. The molecule has 0 radical (unpaired) electrons. The Balaban J connectivity index is 1.89.